The van der Waals surface area contributed by atoms with Crippen LogP contribution in [0.25, 0.3) is 22.0 Å². The molecule has 3 fully saturated rings. The van der Waals surface area contributed by atoms with Gasteiger partial charge in [0.05, 0.1) is 17.9 Å². The quantitative estimate of drug-likeness (QED) is 0.641. The molecule has 28 heavy (non-hydrogen) atoms. The van der Waals surface area contributed by atoms with Crippen LogP contribution in [0.4, 0.5) is 0 Å². The van der Waals surface area contributed by atoms with Crippen molar-refractivity contribution in [2.24, 2.45) is 17.8 Å². The van der Waals surface area contributed by atoms with Crippen LogP contribution in [0.2, 0.25) is 0 Å². The van der Waals surface area contributed by atoms with E-state index < -0.39 is 0 Å². The third-order valence-corrected chi connectivity index (χ3v) is 7.32. The summed E-state index contributed by atoms with van der Waals surface area (Å²) >= 11 is 0. The average Bonchev–Trinajstić information content (AvgIpc) is 3.53. The van der Waals surface area contributed by atoms with Crippen molar-refractivity contribution in [1.82, 2.24) is 19.6 Å². The molecule has 0 amide bonds. The first-order chi connectivity index (χ1) is 13.8. The van der Waals surface area contributed by atoms with Crippen LogP contribution in [0.1, 0.15) is 51.2 Å². The fourth-order valence-electron chi connectivity index (χ4n) is 5.81. The Labute approximate surface area is 165 Å². The van der Waals surface area contributed by atoms with E-state index in [9.17, 15) is 0 Å². The van der Waals surface area contributed by atoms with E-state index in [0.29, 0.717) is 0 Å². The highest BCUT2D eigenvalue weighted by molar-refractivity contribution is 5.84. The number of aromatic nitrogens is 4. The van der Waals surface area contributed by atoms with Gasteiger partial charge in [0, 0.05) is 30.3 Å². The summed E-state index contributed by atoms with van der Waals surface area (Å²) in [7, 11) is 0. The van der Waals surface area contributed by atoms with Crippen LogP contribution < -0.4 is 0 Å². The molecule has 6 rings (SSSR count). The molecule has 1 saturated heterocycles. The van der Waals surface area contributed by atoms with E-state index in [1.807, 2.05) is 17.1 Å². The summed E-state index contributed by atoms with van der Waals surface area (Å²) in [5.41, 5.74) is 3.61. The second-order valence-electron chi connectivity index (χ2n) is 9.07. The molecule has 3 aromatic rings. The molecule has 4 unspecified atom stereocenters. The van der Waals surface area contributed by atoms with Crippen LogP contribution in [0.3, 0.4) is 0 Å². The Morgan fingerprint density at radius 3 is 2.82 bits per heavy atom. The van der Waals surface area contributed by atoms with E-state index in [1.54, 1.807) is 0 Å². The maximum absolute atomic E-state index is 5.86. The lowest BCUT2D eigenvalue weighted by molar-refractivity contribution is -0.0394. The molecular formula is C23H28N4O. The Bertz CT molecular complexity index is 984. The van der Waals surface area contributed by atoms with Crippen molar-refractivity contribution in [2.75, 3.05) is 6.61 Å². The van der Waals surface area contributed by atoms with E-state index in [4.69, 9.17) is 9.84 Å². The Morgan fingerprint density at radius 2 is 2.00 bits per heavy atom. The highest BCUT2D eigenvalue weighted by Gasteiger charge is 2.39. The normalized spacial score (nSPS) is 29.7. The van der Waals surface area contributed by atoms with Gasteiger partial charge in [0.1, 0.15) is 6.23 Å². The van der Waals surface area contributed by atoms with Gasteiger partial charge >= 0.3 is 0 Å². The van der Waals surface area contributed by atoms with E-state index in [-0.39, 0.29) is 6.23 Å². The molecule has 2 saturated carbocycles. The minimum atomic E-state index is 0.0933. The van der Waals surface area contributed by atoms with E-state index in [0.717, 1.165) is 49.3 Å². The van der Waals surface area contributed by atoms with Gasteiger partial charge < -0.3 is 4.74 Å². The number of hydrogen-bond acceptors (Lipinski definition) is 3. The summed E-state index contributed by atoms with van der Waals surface area (Å²) in [5.74, 6) is 2.76. The molecule has 0 spiro atoms. The lowest BCUT2D eigenvalue weighted by atomic mass is 9.89. The summed E-state index contributed by atoms with van der Waals surface area (Å²) in [6.45, 7) is 1.93. The van der Waals surface area contributed by atoms with E-state index in [1.165, 1.54) is 48.6 Å². The Kier molecular flexibility index (Phi) is 4.03. The first kappa shape index (κ1) is 16.8. The molecule has 2 aromatic heterocycles. The van der Waals surface area contributed by atoms with Crippen molar-refractivity contribution in [2.45, 2.75) is 57.7 Å². The van der Waals surface area contributed by atoms with Gasteiger partial charge in [-0.05, 0) is 74.0 Å². The predicted octanol–water partition coefficient (Wildman–Crippen LogP) is 5.04. The molecule has 2 aliphatic carbocycles. The summed E-state index contributed by atoms with van der Waals surface area (Å²) in [6, 6.07) is 6.70. The summed E-state index contributed by atoms with van der Waals surface area (Å²) in [4.78, 5) is 0. The molecule has 5 nitrogen and oxygen atoms in total. The molecule has 0 N–H and O–H groups in total. The van der Waals surface area contributed by atoms with Crippen molar-refractivity contribution >= 4 is 10.9 Å². The lowest BCUT2D eigenvalue weighted by Crippen LogP contribution is -2.18. The number of benzene rings is 1. The number of nitrogens with zero attached hydrogens (tertiary/aromatic N) is 4. The zero-order valence-electron chi connectivity index (χ0n) is 16.3. The SMILES string of the molecule is c1cc2c(cnn2CC2CC3CCC2C3)cc1-c1cnn(C2CCCCO2)c1. The summed E-state index contributed by atoms with van der Waals surface area (Å²) in [6.07, 6.45) is 15.4. The van der Waals surface area contributed by atoms with Gasteiger partial charge in [-0.2, -0.15) is 10.2 Å². The molecular weight excluding hydrogens is 348 g/mol. The van der Waals surface area contributed by atoms with Crippen LogP contribution in [-0.4, -0.2) is 26.2 Å². The van der Waals surface area contributed by atoms with Crippen LogP contribution in [0.5, 0.6) is 0 Å². The minimum Gasteiger partial charge on any atom is -0.357 e. The topological polar surface area (TPSA) is 44.9 Å². The standard InChI is InChI=1S/C23H28N4O/c1-2-8-28-23(3-1)27-15-21(13-25-27)18-6-7-22-19(11-18)12-24-26(22)14-20-10-16-4-5-17(20)9-16/h6-7,11-13,15-17,20,23H,1-5,8-10,14H2. The Balaban J connectivity index is 1.23. The number of rotatable bonds is 4. The predicted molar refractivity (Wildman–Crippen MR) is 109 cm³/mol. The number of hydrogen-bond donors (Lipinski definition) is 0. The fourth-order valence-corrected chi connectivity index (χ4v) is 5.81. The van der Waals surface area contributed by atoms with Gasteiger partial charge in [-0.25, -0.2) is 4.68 Å². The van der Waals surface area contributed by atoms with E-state index in [2.05, 4.69) is 34.2 Å². The second kappa shape index (κ2) is 6.73. The molecule has 0 radical (unpaired) electrons. The summed E-state index contributed by atoms with van der Waals surface area (Å²) in [5, 5.41) is 10.5. The molecule has 146 valence electrons. The van der Waals surface area contributed by atoms with Crippen LogP contribution >= 0.6 is 0 Å². The third-order valence-electron chi connectivity index (χ3n) is 7.32. The molecule has 3 heterocycles. The Hall–Kier alpha value is -2.14. The maximum Gasteiger partial charge on any atom is 0.150 e. The van der Waals surface area contributed by atoms with Crippen LogP contribution in [0.15, 0.2) is 36.8 Å². The van der Waals surface area contributed by atoms with Crippen molar-refractivity contribution in [3.05, 3.63) is 36.8 Å². The average molecular weight is 377 g/mol. The largest absolute Gasteiger partial charge is 0.357 e. The van der Waals surface area contributed by atoms with Crippen LogP contribution in [0, 0.1) is 17.8 Å². The van der Waals surface area contributed by atoms with Gasteiger partial charge in [0.15, 0.2) is 0 Å². The zero-order valence-corrected chi connectivity index (χ0v) is 16.3. The molecule has 4 atom stereocenters. The molecule has 3 aliphatic rings. The molecule has 2 bridgehead atoms. The van der Waals surface area contributed by atoms with E-state index >= 15 is 0 Å². The van der Waals surface area contributed by atoms with Gasteiger partial charge in [-0.1, -0.05) is 12.5 Å². The number of ether oxygens (including phenoxy) is 1. The summed E-state index contributed by atoms with van der Waals surface area (Å²) < 4.78 is 10.1. The highest BCUT2D eigenvalue weighted by Crippen LogP contribution is 2.49. The van der Waals surface area contributed by atoms with Crippen molar-refractivity contribution in [3.8, 4) is 11.1 Å². The van der Waals surface area contributed by atoms with Crippen LogP contribution in [-0.2, 0) is 11.3 Å². The molecule has 1 aliphatic heterocycles. The number of fused-ring (bicyclic) bond motifs is 3. The second-order valence-corrected chi connectivity index (χ2v) is 9.07. The third kappa shape index (κ3) is 2.87. The van der Waals surface area contributed by atoms with Gasteiger partial charge in [0.2, 0.25) is 0 Å². The smallest absolute Gasteiger partial charge is 0.150 e. The highest BCUT2D eigenvalue weighted by atomic mass is 16.5. The zero-order chi connectivity index (χ0) is 18.5. The first-order valence-corrected chi connectivity index (χ1v) is 11.0. The van der Waals surface area contributed by atoms with Crippen molar-refractivity contribution in [3.63, 3.8) is 0 Å². The Morgan fingerprint density at radius 1 is 1.00 bits per heavy atom. The molecule has 5 heteroatoms. The maximum atomic E-state index is 5.86. The minimum absolute atomic E-state index is 0.0933. The van der Waals surface area contributed by atoms with Crippen molar-refractivity contribution < 1.29 is 4.74 Å². The van der Waals surface area contributed by atoms with Crippen molar-refractivity contribution in [1.29, 1.82) is 0 Å². The monoisotopic (exact) mass is 376 g/mol. The van der Waals surface area contributed by atoms with Gasteiger partial charge in [0.25, 0.3) is 0 Å². The fraction of sp³-hybridized carbons (Fsp3) is 0.565. The van der Waals surface area contributed by atoms with Gasteiger partial charge in [-0.3, -0.25) is 4.68 Å². The molecule has 1 aromatic carbocycles. The first-order valence-electron chi connectivity index (χ1n) is 11.0. The van der Waals surface area contributed by atoms with Gasteiger partial charge in [-0.15, -0.1) is 0 Å². The lowest BCUT2D eigenvalue weighted by Gasteiger charge is -2.22.